The molecule has 10 heteroatoms. The molecule has 2 heterocycles. The molecule has 0 spiro atoms. The van der Waals surface area contributed by atoms with Crippen LogP contribution in [-0.2, 0) is 10.0 Å². The summed E-state index contributed by atoms with van der Waals surface area (Å²) in [6.45, 7) is 6.08. The van der Waals surface area contributed by atoms with Crippen molar-refractivity contribution in [2.75, 3.05) is 45.9 Å². The molecular weight excluding hydrogens is 466 g/mol. The summed E-state index contributed by atoms with van der Waals surface area (Å²) in [6, 6.07) is 14.5. The van der Waals surface area contributed by atoms with Crippen LogP contribution in [0, 0.1) is 12.3 Å². The van der Waals surface area contributed by atoms with Gasteiger partial charge in [-0.25, -0.2) is 18.2 Å². The molecule has 1 aromatic heterocycles. The van der Waals surface area contributed by atoms with Crippen LogP contribution in [0.2, 0.25) is 0 Å². The van der Waals surface area contributed by atoms with E-state index in [1.54, 1.807) is 36.4 Å². The van der Waals surface area contributed by atoms with E-state index in [4.69, 9.17) is 17.0 Å². The Kier molecular flexibility index (Phi) is 7.73. The number of carbonyl (C=O) groups excluding carboxylic acids is 1. The largest absolute Gasteiger partial charge is 0.494 e. The molecule has 0 aliphatic carbocycles. The fourth-order valence-corrected chi connectivity index (χ4v) is 5.76. The highest BCUT2D eigenvalue weighted by atomic mass is 32.2. The number of nitrogens with one attached hydrogen (secondary N) is 1. The Labute approximate surface area is 205 Å². The molecule has 1 saturated heterocycles. The van der Waals surface area contributed by atoms with Crippen LogP contribution in [0.15, 0.2) is 59.5 Å². The first-order valence-electron chi connectivity index (χ1n) is 11.4. The number of hydrazine groups is 1. The van der Waals surface area contributed by atoms with Crippen LogP contribution in [0.1, 0.15) is 16.9 Å². The van der Waals surface area contributed by atoms with Crippen LogP contribution >= 0.6 is 0 Å². The van der Waals surface area contributed by atoms with Gasteiger partial charge in [0.25, 0.3) is 15.9 Å². The van der Waals surface area contributed by atoms with E-state index in [1.807, 2.05) is 5.43 Å². The van der Waals surface area contributed by atoms with Gasteiger partial charge in [-0.15, -0.1) is 6.42 Å². The minimum absolute atomic E-state index is 0.0732. The van der Waals surface area contributed by atoms with Gasteiger partial charge in [-0.1, -0.05) is 24.1 Å². The number of rotatable bonds is 9. The highest BCUT2D eigenvalue weighted by molar-refractivity contribution is 7.90. The number of aromatic nitrogens is 1. The van der Waals surface area contributed by atoms with E-state index in [-0.39, 0.29) is 10.6 Å². The van der Waals surface area contributed by atoms with Gasteiger partial charge in [0.05, 0.1) is 23.6 Å². The smallest absolute Gasteiger partial charge is 0.282 e. The molecule has 4 rings (SSSR count). The lowest BCUT2D eigenvalue weighted by molar-refractivity contribution is 0.0948. The van der Waals surface area contributed by atoms with Gasteiger partial charge in [-0.05, 0) is 42.8 Å². The van der Waals surface area contributed by atoms with Crippen molar-refractivity contribution in [1.29, 1.82) is 0 Å². The Bertz CT molecular complexity index is 1320. The predicted molar refractivity (Wildman–Crippen MR) is 134 cm³/mol. The number of nitrogens with two attached hydrogens (primary N) is 1. The lowest BCUT2D eigenvalue weighted by Gasteiger charge is -2.33. The van der Waals surface area contributed by atoms with E-state index < -0.39 is 15.9 Å². The molecule has 9 nitrogen and oxygen atoms in total. The first-order chi connectivity index (χ1) is 16.9. The maximum absolute atomic E-state index is 13.3. The Morgan fingerprint density at radius 1 is 1.06 bits per heavy atom. The molecule has 1 fully saturated rings. The van der Waals surface area contributed by atoms with E-state index >= 15 is 0 Å². The fraction of sp³-hybridized carbons (Fsp3) is 0.320. The van der Waals surface area contributed by atoms with Gasteiger partial charge in [0.1, 0.15) is 11.4 Å². The number of hydrogen-bond acceptors (Lipinski definition) is 7. The standard InChI is InChI=1S/C25H29N5O4S/c1-2-11-28-13-15-29(16-14-28)12-6-17-34-21-9-10-23-20(18-21)19-24(25(31)27-26)30(23)35(32,33)22-7-4-3-5-8-22/h1,3-5,7-10,18-19H,6,11-17,26H2,(H,27,31). The highest BCUT2D eigenvalue weighted by Crippen LogP contribution is 2.29. The predicted octanol–water partition coefficient (Wildman–Crippen LogP) is 1.50. The van der Waals surface area contributed by atoms with E-state index in [0.717, 1.165) is 43.1 Å². The number of nitrogen functional groups attached to an aromatic ring is 1. The maximum atomic E-state index is 13.3. The summed E-state index contributed by atoms with van der Waals surface area (Å²) in [6.07, 6.45) is 6.24. The van der Waals surface area contributed by atoms with Crippen LogP contribution < -0.4 is 16.0 Å². The number of carbonyl (C=O) groups is 1. The van der Waals surface area contributed by atoms with E-state index in [9.17, 15) is 13.2 Å². The van der Waals surface area contributed by atoms with E-state index in [0.29, 0.717) is 29.8 Å². The third kappa shape index (κ3) is 5.49. The van der Waals surface area contributed by atoms with Crippen LogP contribution in [-0.4, -0.2) is 74.0 Å². The molecule has 0 unspecified atom stereocenters. The maximum Gasteiger partial charge on any atom is 0.282 e. The second-order valence-corrected chi connectivity index (χ2v) is 10.1. The fourth-order valence-electron chi connectivity index (χ4n) is 4.23. The van der Waals surface area contributed by atoms with Crippen molar-refractivity contribution in [3.8, 4) is 18.1 Å². The van der Waals surface area contributed by atoms with Gasteiger partial charge in [-0.3, -0.25) is 15.1 Å². The van der Waals surface area contributed by atoms with Crippen LogP contribution in [0.5, 0.6) is 5.75 Å². The zero-order valence-electron chi connectivity index (χ0n) is 19.4. The SMILES string of the molecule is C#CCN1CCN(CCCOc2ccc3c(c2)cc(C(=O)NN)n3S(=O)(=O)c2ccccc2)CC1. The number of hydrogen-bond donors (Lipinski definition) is 2. The quantitative estimate of drug-likeness (QED) is 0.152. The normalized spacial score (nSPS) is 15.1. The molecule has 1 aliphatic heterocycles. The number of amides is 1. The Morgan fingerprint density at radius 3 is 2.46 bits per heavy atom. The van der Waals surface area contributed by atoms with Gasteiger partial charge in [0.2, 0.25) is 0 Å². The molecule has 1 amide bonds. The van der Waals surface area contributed by atoms with Crippen molar-refractivity contribution in [2.45, 2.75) is 11.3 Å². The highest BCUT2D eigenvalue weighted by Gasteiger charge is 2.26. The first-order valence-corrected chi connectivity index (χ1v) is 12.9. The summed E-state index contributed by atoms with van der Waals surface area (Å²) in [5, 5.41) is 0.560. The summed E-state index contributed by atoms with van der Waals surface area (Å²) >= 11 is 0. The van der Waals surface area contributed by atoms with Gasteiger partial charge in [-0.2, -0.15) is 0 Å². The van der Waals surface area contributed by atoms with E-state index in [2.05, 4.69) is 15.7 Å². The third-order valence-electron chi connectivity index (χ3n) is 6.04. The van der Waals surface area contributed by atoms with Gasteiger partial charge in [0.15, 0.2) is 0 Å². The Morgan fingerprint density at radius 2 is 1.77 bits per heavy atom. The lowest BCUT2D eigenvalue weighted by Crippen LogP contribution is -2.46. The van der Waals surface area contributed by atoms with Crippen molar-refractivity contribution < 1.29 is 17.9 Å². The zero-order chi connectivity index (χ0) is 24.8. The molecule has 2 aromatic carbocycles. The topological polar surface area (TPSA) is 110 Å². The second kappa shape index (κ2) is 10.9. The molecule has 35 heavy (non-hydrogen) atoms. The average molecular weight is 496 g/mol. The molecule has 0 radical (unpaired) electrons. The van der Waals surface area contributed by atoms with Gasteiger partial charge in [0, 0.05) is 38.1 Å². The molecule has 184 valence electrons. The van der Waals surface area contributed by atoms with Crippen molar-refractivity contribution in [3.05, 3.63) is 60.3 Å². The summed E-state index contributed by atoms with van der Waals surface area (Å²) in [4.78, 5) is 17.2. The number of ether oxygens (including phenoxy) is 1. The molecule has 3 aromatic rings. The summed E-state index contributed by atoms with van der Waals surface area (Å²) in [5.74, 6) is 7.91. The van der Waals surface area contributed by atoms with Crippen molar-refractivity contribution in [3.63, 3.8) is 0 Å². The summed E-state index contributed by atoms with van der Waals surface area (Å²) in [5.41, 5.74) is 2.32. The molecule has 0 atom stereocenters. The lowest BCUT2D eigenvalue weighted by atomic mass is 10.2. The molecule has 1 aliphatic rings. The van der Waals surface area contributed by atoms with Crippen molar-refractivity contribution >= 4 is 26.8 Å². The monoisotopic (exact) mass is 495 g/mol. The number of nitrogens with zero attached hydrogens (tertiary/aromatic N) is 3. The Hall–Kier alpha value is -3.36. The third-order valence-corrected chi connectivity index (χ3v) is 7.78. The second-order valence-electron chi connectivity index (χ2n) is 8.33. The van der Waals surface area contributed by atoms with Crippen LogP contribution in [0.25, 0.3) is 10.9 Å². The van der Waals surface area contributed by atoms with Gasteiger partial charge < -0.3 is 9.64 Å². The first kappa shape index (κ1) is 24.8. The molecule has 0 saturated carbocycles. The van der Waals surface area contributed by atoms with E-state index in [1.165, 1.54) is 18.2 Å². The number of terminal acetylenes is 1. The van der Waals surface area contributed by atoms with Crippen molar-refractivity contribution in [2.24, 2.45) is 5.84 Å². The number of benzene rings is 2. The zero-order valence-corrected chi connectivity index (χ0v) is 20.2. The molecule has 0 bridgehead atoms. The average Bonchev–Trinajstić information content (AvgIpc) is 3.27. The summed E-state index contributed by atoms with van der Waals surface area (Å²) in [7, 11) is -4.02. The summed E-state index contributed by atoms with van der Waals surface area (Å²) < 4.78 is 33.6. The number of piperazine rings is 1. The minimum atomic E-state index is -4.02. The van der Waals surface area contributed by atoms with Crippen LogP contribution in [0.3, 0.4) is 0 Å². The molecule has 3 N–H and O–H groups in total. The minimum Gasteiger partial charge on any atom is -0.494 e. The number of fused-ring (bicyclic) bond motifs is 1. The van der Waals surface area contributed by atoms with Gasteiger partial charge >= 0.3 is 0 Å². The van der Waals surface area contributed by atoms with Crippen molar-refractivity contribution in [1.82, 2.24) is 19.2 Å². The molecular formula is C25H29N5O4S. The van der Waals surface area contributed by atoms with Crippen LogP contribution in [0.4, 0.5) is 0 Å². The Balaban J connectivity index is 1.47.